The highest BCUT2D eigenvalue weighted by Crippen LogP contribution is 2.42. The Morgan fingerprint density at radius 1 is 1.19 bits per heavy atom. The summed E-state index contributed by atoms with van der Waals surface area (Å²) >= 11 is 0. The van der Waals surface area contributed by atoms with Gasteiger partial charge in [0.2, 0.25) is 5.95 Å². The van der Waals surface area contributed by atoms with Gasteiger partial charge in [-0.15, -0.1) is 0 Å². The SMILES string of the molecule is O=C(Nc1nccc(C2CC2)n1)Nc1cn[nH]c1C1CC1. The largest absolute Gasteiger partial charge is 0.326 e. The lowest BCUT2D eigenvalue weighted by molar-refractivity contribution is 0.262. The molecule has 0 spiro atoms. The van der Waals surface area contributed by atoms with Crippen LogP contribution in [0.25, 0.3) is 0 Å². The normalized spacial score (nSPS) is 17.5. The molecule has 2 aliphatic carbocycles. The van der Waals surface area contributed by atoms with E-state index in [4.69, 9.17) is 0 Å². The molecule has 2 fully saturated rings. The van der Waals surface area contributed by atoms with E-state index in [1.807, 2.05) is 6.07 Å². The molecule has 2 aromatic heterocycles. The number of anilines is 2. The predicted octanol–water partition coefficient (Wildman–Crippen LogP) is 2.60. The van der Waals surface area contributed by atoms with Gasteiger partial charge in [-0.3, -0.25) is 10.4 Å². The van der Waals surface area contributed by atoms with E-state index in [9.17, 15) is 4.79 Å². The molecular weight excluding hydrogens is 268 g/mol. The summed E-state index contributed by atoms with van der Waals surface area (Å²) in [5.74, 6) is 1.37. The number of carbonyl (C=O) groups excluding carboxylic acids is 1. The molecule has 2 heterocycles. The zero-order valence-electron chi connectivity index (χ0n) is 11.5. The Bertz CT molecular complexity index is 674. The van der Waals surface area contributed by atoms with E-state index in [2.05, 4.69) is 30.8 Å². The van der Waals surface area contributed by atoms with Gasteiger partial charge in [-0.25, -0.2) is 14.8 Å². The van der Waals surface area contributed by atoms with Crippen molar-refractivity contribution in [1.82, 2.24) is 20.2 Å². The van der Waals surface area contributed by atoms with E-state index in [-0.39, 0.29) is 6.03 Å². The Morgan fingerprint density at radius 2 is 2.00 bits per heavy atom. The summed E-state index contributed by atoms with van der Waals surface area (Å²) in [7, 11) is 0. The molecule has 0 saturated heterocycles. The smallest absolute Gasteiger partial charge is 0.304 e. The van der Waals surface area contributed by atoms with Crippen molar-refractivity contribution in [3.63, 3.8) is 0 Å². The van der Waals surface area contributed by atoms with Crippen LogP contribution in [0.1, 0.15) is 48.9 Å². The predicted molar refractivity (Wildman–Crippen MR) is 77.2 cm³/mol. The molecule has 2 aliphatic rings. The average Bonchev–Trinajstić information content (AvgIpc) is 3.39. The highest BCUT2D eigenvalue weighted by atomic mass is 16.2. The Balaban J connectivity index is 1.43. The third-order valence-corrected chi connectivity index (χ3v) is 3.80. The molecule has 2 saturated carbocycles. The number of nitrogens with zero attached hydrogens (tertiary/aromatic N) is 3. The standard InChI is InChI=1S/C14H16N6O/c21-14(18-11-7-16-20-12(11)9-3-4-9)19-13-15-6-5-10(17-13)8-1-2-8/h5-9H,1-4H2,(H,16,20)(H2,15,17,18,19,21). The van der Waals surface area contributed by atoms with Gasteiger partial charge in [0.25, 0.3) is 0 Å². The zero-order chi connectivity index (χ0) is 14.2. The van der Waals surface area contributed by atoms with Gasteiger partial charge in [-0.1, -0.05) is 0 Å². The molecule has 0 aliphatic heterocycles. The number of aromatic amines is 1. The third-order valence-electron chi connectivity index (χ3n) is 3.80. The van der Waals surface area contributed by atoms with Crippen LogP contribution in [0.5, 0.6) is 0 Å². The Labute approximate surface area is 121 Å². The first-order valence-electron chi connectivity index (χ1n) is 7.24. The average molecular weight is 284 g/mol. The monoisotopic (exact) mass is 284 g/mol. The fourth-order valence-electron chi connectivity index (χ4n) is 2.37. The number of amides is 2. The summed E-state index contributed by atoms with van der Waals surface area (Å²) in [6.07, 6.45) is 7.94. The number of hydrogen-bond acceptors (Lipinski definition) is 4. The molecule has 0 unspecified atom stereocenters. The van der Waals surface area contributed by atoms with Crippen molar-refractivity contribution in [2.75, 3.05) is 10.6 Å². The molecule has 2 aromatic rings. The lowest BCUT2D eigenvalue weighted by atomic mass is 10.2. The van der Waals surface area contributed by atoms with Crippen LogP contribution in [0.2, 0.25) is 0 Å². The number of carbonyl (C=O) groups is 1. The molecule has 3 N–H and O–H groups in total. The molecular formula is C14H16N6O. The van der Waals surface area contributed by atoms with Crippen molar-refractivity contribution < 1.29 is 4.79 Å². The molecule has 0 bridgehead atoms. The van der Waals surface area contributed by atoms with Crippen molar-refractivity contribution in [3.05, 3.63) is 29.8 Å². The second kappa shape index (κ2) is 4.83. The number of aromatic nitrogens is 4. The number of H-pyrrole nitrogens is 1. The quantitative estimate of drug-likeness (QED) is 0.804. The van der Waals surface area contributed by atoms with Gasteiger partial charge < -0.3 is 5.32 Å². The highest BCUT2D eigenvalue weighted by Gasteiger charge is 2.28. The molecule has 4 rings (SSSR count). The lowest BCUT2D eigenvalue weighted by Crippen LogP contribution is -2.21. The van der Waals surface area contributed by atoms with Crippen LogP contribution in [0.4, 0.5) is 16.4 Å². The van der Waals surface area contributed by atoms with Crippen LogP contribution in [0.3, 0.4) is 0 Å². The van der Waals surface area contributed by atoms with Crippen LogP contribution in [0.15, 0.2) is 18.5 Å². The molecule has 0 atom stereocenters. The van der Waals surface area contributed by atoms with Crippen LogP contribution < -0.4 is 10.6 Å². The van der Waals surface area contributed by atoms with Gasteiger partial charge in [0, 0.05) is 23.7 Å². The van der Waals surface area contributed by atoms with Crippen LogP contribution in [0, 0.1) is 0 Å². The van der Waals surface area contributed by atoms with E-state index in [1.54, 1.807) is 12.4 Å². The van der Waals surface area contributed by atoms with Crippen molar-refractivity contribution in [2.45, 2.75) is 37.5 Å². The van der Waals surface area contributed by atoms with Crippen molar-refractivity contribution in [3.8, 4) is 0 Å². The first-order valence-corrected chi connectivity index (χ1v) is 7.24. The summed E-state index contributed by atoms with van der Waals surface area (Å²) in [6.45, 7) is 0. The minimum absolute atomic E-state index is 0.341. The van der Waals surface area contributed by atoms with E-state index in [0.717, 1.165) is 29.9 Å². The maximum atomic E-state index is 12.0. The van der Waals surface area contributed by atoms with Gasteiger partial charge in [-0.2, -0.15) is 5.10 Å². The van der Waals surface area contributed by atoms with Crippen LogP contribution in [-0.2, 0) is 0 Å². The van der Waals surface area contributed by atoms with Gasteiger partial charge in [0.15, 0.2) is 0 Å². The maximum Gasteiger partial charge on any atom is 0.326 e. The number of urea groups is 1. The molecule has 21 heavy (non-hydrogen) atoms. The fraction of sp³-hybridized carbons (Fsp3) is 0.429. The summed E-state index contributed by atoms with van der Waals surface area (Å²) in [6, 6.07) is 1.56. The lowest BCUT2D eigenvalue weighted by Gasteiger charge is -2.07. The zero-order valence-corrected chi connectivity index (χ0v) is 11.5. The highest BCUT2D eigenvalue weighted by molar-refractivity contribution is 5.99. The summed E-state index contributed by atoms with van der Waals surface area (Å²) < 4.78 is 0. The van der Waals surface area contributed by atoms with Crippen molar-refractivity contribution in [2.24, 2.45) is 0 Å². The summed E-state index contributed by atoms with van der Waals surface area (Å²) in [5.41, 5.74) is 2.73. The van der Waals surface area contributed by atoms with Gasteiger partial charge in [-0.05, 0) is 31.7 Å². The van der Waals surface area contributed by atoms with E-state index in [1.165, 1.54) is 12.8 Å². The number of hydrogen-bond donors (Lipinski definition) is 3. The Kier molecular flexibility index (Phi) is 2.83. The Hall–Kier alpha value is -2.44. The summed E-state index contributed by atoms with van der Waals surface area (Å²) in [5, 5.41) is 12.4. The third kappa shape index (κ3) is 2.72. The second-order valence-corrected chi connectivity index (χ2v) is 5.63. The van der Waals surface area contributed by atoms with Crippen molar-refractivity contribution in [1.29, 1.82) is 0 Å². The number of rotatable bonds is 4. The number of nitrogens with one attached hydrogen (secondary N) is 3. The van der Waals surface area contributed by atoms with E-state index < -0.39 is 0 Å². The second-order valence-electron chi connectivity index (χ2n) is 5.63. The van der Waals surface area contributed by atoms with Gasteiger partial charge >= 0.3 is 6.03 Å². The topological polar surface area (TPSA) is 95.6 Å². The van der Waals surface area contributed by atoms with Crippen LogP contribution in [-0.4, -0.2) is 26.2 Å². The molecule has 7 heteroatoms. The summed E-state index contributed by atoms with van der Waals surface area (Å²) in [4.78, 5) is 20.5. The first kappa shape index (κ1) is 12.3. The molecule has 7 nitrogen and oxygen atoms in total. The van der Waals surface area contributed by atoms with Gasteiger partial charge in [0.05, 0.1) is 17.6 Å². The van der Waals surface area contributed by atoms with Crippen molar-refractivity contribution >= 4 is 17.7 Å². The first-order chi connectivity index (χ1) is 10.3. The van der Waals surface area contributed by atoms with Gasteiger partial charge in [0.1, 0.15) is 0 Å². The molecule has 2 amide bonds. The van der Waals surface area contributed by atoms with E-state index >= 15 is 0 Å². The minimum Gasteiger partial charge on any atom is -0.304 e. The molecule has 0 aromatic carbocycles. The molecule has 108 valence electrons. The fourth-order valence-corrected chi connectivity index (χ4v) is 2.37. The van der Waals surface area contributed by atoms with Crippen LogP contribution >= 0.6 is 0 Å². The molecule has 0 radical (unpaired) electrons. The minimum atomic E-state index is -0.341. The van der Waals surface area contributed by atoms with E-state index in [0.29, 0.717) is 17.8 Å². The maximum absolute atomic E-state index is 12.0. The Morgan fingerprint density at radius 3 is 2.76 bits per heavy atom.